The molecule has 2 aromatic heterocycles. The molecule has 0 N–H and O–H groups in total. The van der Waals surface area contributed by atoms with E-state index in [1.54, 1.807) is 11.3 Å². The van der Waals surface area contributed by atoms with Crippen molar-refractivity contribution in [2.75, 3.05) is 0 Å². The molecule has 11 rings (SSSR count). The Hall–Kier alpha value is -7.01. The van der Waals surface area contributed by atoms with Crippen LogP contribution in [0.4, 0.5) is 0 Å². The quantitative estimate of drug-likeness (QED) is 0.131. The van der Waals surface area contributed by atoms with E-state index >= 15 is 0 Å². The number of nitrogens with zero attached hydrogens (tertiary/aromatic N) is 3. The Labute approximate surface area is 321 Å². The lowest BCUT2D eigenvalue weighted by Crippen LogP contribution is -2.00. The first-order valence-corrected chi connectivity index (χ1v) is 19.3. The molecule has 0 aliphatic carbocycles. The maximum absolute atomic E-state index is 5.21. The Morgan fingerprint density at radius 1 is 0.309 bits per heavy atom. The fraction of sp³-hybridized carbons (Fsp3) is 0. The number of fused-ring (bicyclic) bond motifs is 7. The molecule has 0 spiro atoms. The first-order valence-electron chi connectivity index (χ1n) is 18.5. The van der Waals surface area contributed by atoms with Crippen molar-refractivity contribution in [2.24, 2.45) is 0 Å². The van der Waals surface area contributed by atoms with Crippen LogP contribution in [0, 0.1) is 0 Å². The van der Waals surface area contributed by atoms with Crippen LogP contribution in [0.3, 0.4) is 0 Å². The van der Waals surface area contributed by atoms with Crippen molar-refractivity contribution in [3.8, 4) is 56.4 Å². The smallest absolute Gasteiger partial charge is 0.164 e. The van der Waals surface area contributed by atoms with E-state index in [1.165, 1.54) is 63.6 Å². The minimum atomic E-state index is 0.644. The molecule has 2 heterocycles. The van der Waals surface area contributed by atoms with Gasteiger partial charge in [-0.2, -0.15) is 0 Å². The molecule has 0 unspecified atom stereocenters. The van der Waals surface area contributed by atoms with E-state index in [0.29, 0.717) is 17.5 Å². The number of hydrogen-bond donors (Lipinski definition) is 0. The van der Waals surface area contributed by atoms with Gasteiger partial charge in [-0.15, -0.1) is 11.3 Å². The largest absolute Gasteiger partial charge is 0.208 e. The Balaban J connectivity index is 1.07. The van der Waals surface area contributed by atoms with Gasteiger partial charge in [-0.05, 0) is 84.9 Å². The van der Waals surface area contributed by atoms with Crippen LogP contribution < -0.4 is 0 Å². The van der Waals surface area contributed by atoms with Crippen LogP contribution in [0.2, 0.25) is 0 Å². The Kier molecular flexibility index (Phi) is 7.35. The molecule has 0 radical (unpaired) electrons. The highest BCUT2D eigenvalue weighted by Crippen LogP contribution is 2.42. The molecule has 256 valence electrons. The molecular weight excluding hydrogens is 687 g/mol. The maximum Gasteiger partial charge on any atom is 0.164 e. The van der Waals surface area contributed by atoms with Crippen LogP contribution in [0.15, 0.2) is 188 Å². The van der Waals surface area contributed by atoms with Crippen LogP contribution in [0.1, 0.15) is 0 Å². The van der Waals surface area contributed by atoms with E-state index in [2.05, 4.69) is 170 Å². The molecular formula is C51H31N3S. The Bertz CT molecular complexity index is 3270. The average molecular weight is 718 g/mol. The molecule has 0 aliphatic heterocycles. The zero-order valence-corrected chi connectivity index (χ0v) is 30.5. The number of hydrogen-bond acceptors (Lipinski definition) is 4. The van der Waals surface area contributed by atoms with E-state index in [9.17, 15) is 0 Å². The highest BCUT2D eigenvalue weighted by atomic mass is 32.1. The van der Waals surface area contributed by atoms with Crippen molar-refractivity contribution in [2.45, 2.75) is 0 Å². The summed E-state index contributed by atoms with van der Waals surface area (Å²) in [6.07, 6.45) is 0. The minimum absolute atomic E-state index is 0.644. The molecule has 9 aromatic carbocycles. The molecule has 0 amide bonds. The fourth-order valence-electron chi connectivity index (χ4n) is 8.13. The van der Waals surface area contributed by atoms with Crippen LogP contribution in [-0.4, -0.2) is 15.0 Å². The summed E-state index contributed by atoms with van der Waals surface area (Å²) in [5, 5.41) is 9.92. The second-order valence-corrected chi connectivity index (χ2v) is 15.0. The first kappa shape index (κ1) is 31.5. The SMILES string of the molecule is c1ccc(-c2nc(-c3cccc(-c4cccc(-c5c6ccccc6cc6c5ccc5ccccc56)c4)c3)nc(-c3cccc4sc5ccccc5c34)n2)cc1. The first-order chi connectivity index (χ1) is 27.2. The summed E-state index contributed by atoms with van der Waals surface area (Å²) >= 11 is 1.80. The summed E-state index contributed by atoms with van der Waals surface area (Å²) in [5.74, 6) is 1.96. The summed E-state index contributed by atoms with van der Waals surface area (Å²) in [5.41, 5.74) is 7.57. The summed E-state index contributed by atoms with van der Waals surface area (Å²) in [4.78, 5) is 15.4. The summed E-state index contributed by atoms with van der Waals surface area (Å²) in [7, 11) is 0. The zero-order chi connectivity index (χ0) is 36.3. The summed E-state index contributed by atoms with van der Waals surface area (Å²) < 4.78 is 2.47. The predicted octanol–water partition coefficient (Wildman–Crippen LogP) is 14.0. The lowest BCUT2D eigenvalue weighted by Gasteiger charge is -2.15. The van der Waals surface area contributed by atoms with Gasteiger partial charge in [0.1, 0.15) is 0 Å². The maximum atomic E-state index is 5.21. The lowest BCUT2D eigenvalue weighted by atomic mass is 9.89. The second kappa shape index (κ2) is 12.8. The highest BCUT2D eigenvalue weighted by molar-refractivity contribution is 7.25. The van der Waals surface area contributed by atoms with Gasteiger partial charge in [0.05, 0.1) is 0 Å². The molecule has 0 atom stereocenters. The highest BCUT2D eigenvalue weighted by Gasteiger charge is 2.18. The topological polar surface area (TPSA) is 38.7 Å². The van der Waals surface area contributed by atoms with Crippen molar-refractivity contribution < 1.29 is 0 Å². The van der Waals surface area contributed by atoms with Gasteiger partial charge < -0.3 is 0 Å². The van der Waals surface area contributed by atoms with Crippen molar-refractivity contribution in [3.05, 3.63) is 188 Å². The molecule has 0 bridgehead atoms. The molecule has 55 heavy (non-hydrogen) atoms. The van der Waals surface area contributed by atoms with Crippen molar-refractivity contribution >= 4 is 63.8 Å². The molecule has 0 fully saturated rings. The molecule has 0 saturated heterocycles. The lowest BCUT2D eigenvalue weighted by molar-refractivity contribution is 1.08. The average Bonchev–Trinajstić information content (AvgIpc) is 3.65. The van der Waals surface area contributed by atoms with Gasteiger partial charge in [-0.1, -0.05) is 158 Å². The van der Waals surface area contributed by atoms with Crippen LogP contribution in [-0.2, 0) is 0 Å². The number of rotatable bonds is 5. The van der Waals surface area contributed by atoms with Crippen molar-refractivity contribution in [1.82, 2.24) is 15.0 Å². The van der Waals surface area contributed by atoms with Crippen LogP contribution >= 0.6 is 11.3 Å². The molecule has 0 saturated carbocycles. The fourth-order valence-corrected chi connectivity index (χ4v) is 9.26. The van der Waals surface area contributed by atoms with E-state index in [0.717, 1.165) is 27.8 Å². The van der Waals surface area contributed by atoms with Gasteiger partial charge in [0.25, 0.3) is 0 Å². The van der Waals surface area contributed by atoms with Gasteiger partial charge in [0.15, 0.2) is 17.5 Å². The third-order valence-electron chi connectivity index (χ3n) is 10.7. The predicted molar refractivity (Wildman–Crippen MR) is 232 cm³/mol. The van der Waals surface area contributed by atoms with Gasteiger partial charge >= 0.3 is 0 Å². The van der Waals surface area contributed by atoms with Gasteiger partial charge in [-0.3, -0.25) is 0 Å². The monoisotopic (exact) mass is 717 g/mol. The van der Waals surface area contributed by atoms with Gasteiger partial charge in [0.2, 0.25) is 0 Å². The second-order valence-electron chi connectivity index (χ2n) is 14.0. The summed E-state index contributed by atoms with van der Waals surface area (Å²) in [6.45, 7) is 0. The van der Waals surface area contributed by atoms with E-state index in [4.69, 9.17) is 15.0 Å². The van der Waals surface area contributed by atoms with Gasteiger partial charge in [-0.25, -0.2) is 15.0 Å². The molecule has 3 nitrogen and oxygen atoms in total. The minimum Gasteiger partial charge on any atom is -0.208 e. The molecule has 0 aliphatic rings. The van der Waals surface area contributed by atoms with Gasteiger partial charge in [0, 0.05) is 36.9 Å². The number of thiophene rings is 1. The van der Waals surface area contributed by atoms with Crippen LogP contribution in [0.5, 0.6) is 0 Å². The standard InChI is InChI=1S/C51H31N3S/c1-2-14-33(15-3-1)49-52-50(54-51(53-49)43-24-12-26-46-48(43)42-23-8-9-25-45(42)55-46)38-20-11-18-35(30-38)34-17-10-19-37(29-34)47-40-22-7-5-16-36(40)31-44-39-21-6-4-13-32(39)27-28-41(44)47/h1-31H. The Morgan fingerprint density at radius 2 is 0.891 bits per heavy atom. The third-order valence-corrected chi connectivity index (χ3v) is 11.8. The third kappa shape index (κ3) is 5.38. The van der Waals surface area contributed by atoms with Crippen LogP contribution in [0.25, 0.3) is 109 Å². The van der Waals surface area contributed by atoms with E-state index in [1.807, 2.05) is 18.2 Å². The molecule has 4 heteroatoms. The number of aromatic nitrogens is 3. The zero-order valence-electron chi connectivity index (χ0n) is 29.6. The summed E-state index contributed by atoms with van der Waals surface area (Å²) in [6, 6.07) is 67.0. The van der Waals surface area contributed by atoms with E-state index in [-0.39, 0.29) is 0 Å². The van der Waals surface area contributed by atoms with Crippen molar-refractivity contribution in [1.29, 1.82) is 0 Å². The normalized spacial score (nSPS) is 11.6. The van der Waals surface area contributed by atoms with Crippen molar-refractivity contribution in [3.63, 3.8) is 0 Å². The van der Waals surface area contributed by atoms with E-state index < -0.39 is 0 Å². The number of benzene rings is 9. The molecule has 11 aromatic rings. The Morgan fingerprint density at radius 3 is 1.73 bits per heavy atom.